The van der Waals surface area contributed by atoms with Crippen molar-refractivity contribution in [1.29, 1.82) is 0 Å². The zero-order valence-corrected chi connectivity index (χ0v) is 13.7. The monoisotopic (exact) mass is 342 g/mol. The van der Waals surface area contributed by atoms with Gasteiger partial charge < -0.3 is 5.11 Å². The van der Waals surface area contributed by atoms with Gasteiger partial charge in [-0.15, -0.1) is 11.8 Å². The largest absolute Gasteiger partial charge is 0.478 e. The van der Waals surface area contributed by atoms with E-state index in [0.717, 1.165) is 11.3 Å². The third-order valence-electron chi connectivity index (χ3n) is 2.78. The summed E-state index contributed by atoms with van der Waals surface area (Å²) in [6.07, 6.45) is 0. The third-order valence-corrected chi connectivity index (χ3v) is 4.34. The van der Waals surface area contributed by atoms with Gasteiger partial charge in [-0.05, 0) is 37.1 Å². The summed E-state index contributed by atoms with van der Waals surface area (Å²) in [6.45, 7) is 3.60. The van der Waals surface area contributed by atoms with Crippen LogP contribution in [0.5, 0.6) is 0 Å². The number of carboxylic acid groups (broad SMARTS) is 1. The van der Waals surface area contributed by atoms with Gasteiger partial charge in [-0.25, -0.2) is 14.8 Å². The van der Waals surface area contributed by atoms with E-state index in [4.69, 9.17) is 23.2 Å². The van der Waals surface area contributed by atoms with Gasteiger partial charge in [0.1, 0.15) is 15.3 Å². The Kier molecular flexibility index (Phi) is 5.08. The Morgan fingerprint density at radius 3 is 2.62 bits per heavy atom. The SMILES string of the molecule is Cc1cc(C)c(C(=O)O)c(SCc2ccc(Cl)nc2Cl)n1. The van der Waals surface area contributed by atoms with Crippen molar-refractivity contribution in [3.05, 3.63) is 50.9 Å². The van der Waals surface area contributed by atoms with Crippen LogP contribution in [0.3, 0.4) is 0 Å². The smallest absolute Gasteiger partial charge is 0.338 e. The minimum Gasteiger partial charge on any atom is -0.478 e. The molecule has 0 radical (unpaired) electrons. The minimum absolute atomic E-state index is 0.226. The Morgan fingerprint density at radius 1 is 1.29 bits per heavy atom. The Hall–Kier alpha value is -1.30. The van der Waals surface area contributed by atoms with Crippen LogP contribution in [0.25, 0.3) is 0 Å². The molecule has 0 spiro atoms. The van der Waals surface area contributed by atoms with Crippen LogP contribution in [0.2, 0.25) is 10.3 Å². The molecule has 0 saturated heterocycles. The number of aromatic carboxylic acids is 1. The van der Waals surface area contributed by atoms with Crippen LogP contribution in [0, 0.1) is 13.8 Å². The van der Waals surface area contributed by atoms with Gasteiger partial charge in [0.25, 0.3) is 0 Å². The molecule has 0 aliphatic rings. The number of aryl methyl sites for hydroxylation is 2. The second-order valence-electron chi connectivity index (χ2n) is 4.44. The summed E-state index contributed by atoms with van der Waals surface area (Å²) in [5.74, 6) is -0.512. The molecule has 2 aromatic heterocycles. The molecule has 0 fully saturated rings. The molecule has 0 unspecified atom stereocenters. The van der Waals surface area contributed by atoms with Gasteiger partial charge in [-0.3, -0.25) is 0 Å². The first kappa shape index (κ1) is 16.1. The summed E-state index contributed by atoms with van der Waals surface area (Å²) in [7, 11) is 0. The zero-order valence-electron chi connectivity index (χ0n) is 11.4. The van der Waals surface area contributed by atoms with E-state index in [-0.39, 0.29) is 5.56 Å². The number of thioether (sulfide) groups is 1. The van der Waals surface area contributed by atoms with Crippen LogP contribution in [-0.4, -0.2) is 21.0 Å². The van der Waals surface area contributed by atoms with Gasteiger partial charge in [0.05, 0.1) is 5.56 Å². The number of pyridine rings is 2. The summed E-state index contributed by atoms with van der Waals surface area (Å²) >= 11 is 13.1. The molecule has 2 heterocycles. The van der Waals surface area contributed by atoms with Crippen molar-refractivity contribution in [3.8, 4) is 0 Å². The highest BCUT2D eigenvalue weighted by Crippen LogP contribution is 2.29. The van der Waals surface area contributed by atoms with Gasteiger partial charge in [0.2, 0.25) is 0 Å². The molecular weight excluding hydrogens is 331 g/mol. The first-order valence-electron chi connectivity index (χ1n) is 6.03. The molecule has 110 valence electrons. The van der Waals surface area contributed by atoms with Crippen LogP contribution >= 0.6 is 35.0 Å². The molecule has 4 nitrogen and oxygen atoms in total. The molecule has 7 heteroatoms. The lowest BCUT2D eigenvalue weighted by molar-refractivity contribution is 0.0691. The molecule has 2 aromatic rings. The molecule has 1 N–H and O–H groups in total. The standard InChI is InChI=1S/C14H12Cl2N2O2S/c1-7-5-8(2)17-13(11(7)14(19)20)21-6-9-3-4-10(15)18-12(9)16/h3-5H,6H2,1-2H3,(H,19,20). The molecule has 0 atom stereocenters. The average Bonchev–Trinajstić information content (AvgIpc) is 2.36. The molecule has 0 aliphatic heterocycles. The number of halogens is 2. The average molecular weight is 343 g/mol. The lowest BCUT2D eigenvalue weighted by atomic mass is 10.1. The first-order valence-corrected chi connectivity index (χ1v) is 7.78. The molecule has 2 rings (SSSR count). The van der Waals surface area contributed by atoms with Gasteiger partial charge in [-0.1, -0.05) is 29.3 Å². The van der Waals surface area contributed by atoms with E-state index in [9.17, 15) is 9.90 Å². The van der Waals surface area contributed by atoms with E-state index < -0.39 is 5.97 Å². The summed E-state index contributed by atoms with van der Waals surface area (Å²) in [5, 5.41) is 10.4. The number of carbonyl (C=O) groups is 1. The number of aromatic nitrogens is 2. The molecule has 21 heavy (non-hydrogen) atoms. The van der Waals surface area contributed by atoms with Crippen LogP contribution in [0.15, 0.2) is 23.2 Å². The number of hydrogen-bond acceptors (Lipinski definition) is 4. The van der Waals surface area contributed by atoms with Crippen LogP contribution in [0.1, 0.15) is 27.2 Å². The molecule has 0 amide bonds. The fraction of sp³-hybridized carbons (Fsp3) is 0.214. The highest BCUT2D eigenvalue weighted by molar-refractivity contribution is 7.98. The number of carboxylic acids is 1. The zero-order chi connectivity index (χ0) is 15.6. The van der Waals surface area contributed by atoms with Crippen molar-refractivity contribution in [3.63, 3.8) is 0 Å². The molecule has 0 aromatic carbocycles. The van der Waals surface area contributed by atoms with Crippen molar-refractivity contribution in [1.82, 2.24) is 9.97 Å². The molecule has 0 bridgehead atoms. The maximum absolute atomic E-state index is 11.4. The maximum Gasteiger partial charge on any atom is 0.338 e. The van der Waals surface area contributed by atoms with Crippen LogP contribution < -0.4 is 0 Å². The topological polar surface area (TPSA) is 63.1 Å². The normalized spacial score (nSPS) is 10.7. The lowest BCUT2D eigenvalue weighted by Gasteiger charge is -2.10. The Bertz CT molecular complexity index is 708. The Morgan fingerprint density at radius 2 is 2.00 bits per heavy atom. The highest BCUT2D eigenvalue weighted by Gasteiger charge is 2.16. The number of hydrogen-bond donors (Lipinski definition) is 1. The summed E-state index contributed by atoms with van der Waals surface area (Å²) in [4.78, 5) is 19.6. The molecular formula is C14H12Cl2N2O2S. The van der Waals surface area contributed by atoms with Gasteiger partial charge >= 0.3 is 5.97 Å². The Balaban J connectivity index is 2.29. The van der Waals surface area contributed by atoms with Crippen molar-refractivity contribution in [2.45, 2.75) is 24.6 Å². The molecule has 0 aliphatic carbocycles. The quantitative estimate of drug-likeness (QED) is 0.659. The van der Waals surface area contributed by atoms with E-state index in [0.29, 0.717) is 26.6 Å². The summed E-state index contributed by atoms with van der Waals surface area (Å²) < 4.78 is 0. The molecule has 0 saturated carbocycles. The first-order chi connectivity index (χ1) is 9.88. The number of rotatable bonds is 4. The van der Waals surface area contributed by atoms with E-state index in [1.54, 1.807) is 25.1 Å². The van der Waals surface area contributed by atoms with Crippen molar-refractivity contribution >= 4 is 40.9 Å². The van der Waals surface area contributed by atoms with Crippen LogP contribution in [0.4, 0.5) is 0 Å². The van der Waals surface area contributed by atoms with Gasteiger partial charge in [-0.2, -0.15) is 0 Å². The summed E-state index contributed by atoms with van der Waals surface area (Å²) in [6, 6.07) is 5.18. The van der Waals surface area contributed by atoms with Crippen molar-refractivity contribution in [2.24, 2.45) is 0 Å². The second-order valence-corrected chi connectivity index (χ2v) is 6.15. The second kappa shape index (κ2) is 6.64. The van der Waals surface area contributed by atoms with Gasteiger partial charge in [0, 0.05) is 11.4 Å². The fourth-order valence-electron chi connectivity index (χ4n) is 1.86. The van der Waals surface area contributed by atoms with Crippen LogP contribution in [-0.2, 0) is 5.75 Å². The van der Waals surface area contributed by atoms with E-state index in [1.165, 1.54) is 11.8 Å². The van der Waals surface area contributed by atoms with Crippen molar-refractivity contribution in [2.75, 3.05) is 0 Å². The van der Waals surface area contributed by atoms with E-state index in [2.05, 4.69) is 9.97 Å². The number of nitrogens with zero attached hydrogens (tertiary/aromatic N) is 2. The lowest BCUT2D eigenvalue weighted by Crippen LogP contribution is -2.05. The third kappa shape index (κ3) is 3.87. The van der Waals surface area contributed by atoms with E-state index >= 15 is 0 Å². The fourth-order valence-corrected chi connectivity index (χ4v) is 3.48. The van der Waals surface area contributed by atoms with Crippen molar-refractivity contribution < 1.29 is 9.90 Å². The Labute approximate surface area is 136 Å². The highest BCUT2D eigenvalue weighted by atomic mass is 35.5. The minimum atomic E-state index is -0.983. The predicted octanol–water partition coefficient (Wildman–Crippen LogP) is 4.39. The maximum atomic E-state index is 11.4. The van der Waals surface area contributed by atoms with Gasteiger partial charge in [0.15, 0.2) is 0 Å². The predicted molar refractivity (Wildman–Crippen MR) is 84.5 cm³/mol. The van der Waals surface area contributed by atoms with E-state index in [1.807, 2.05) is 6.92 Å². The summed E-state index contributed by atoms with van der Waals surface area (Å²) in [5.41, 5.74) is 2.48.